The lowest BCUT2D eigenvalue weighted by Gasteiger charge is -2.30. The van der Waals surface area contributed by atoms with Crippen LogP contribution in [0.1, 0.15) is 28.8 Å². The van der Waals surface area contributed by atoms with Crippen LogP contribution >= 0.6 is 43.5 Å². The maximum Gasteiger partial charge on any atom is 0.273 e. The predicted molar refractivity (Wildman–Crippen MR) is 121 cm³/mol. The van der Waals surface area contributed by atoms with Gasteiger partial charge in [0.25, 0.3) is 17.7 Å². The minimum Gasteiger partial charge on any atom is -0.272 e. The van der Waals surface area contributed by atoms with E-state index >= 15 is 0 Å². The summed E-state index contributed by atoms with van der Waals surface area (Å²) < 4.78 is 0. The van der Waals surface area contributed by atoms with Crippen LogP contribution in [0, 0.1) is 11.8 Å². The summed E-state index contributed by atoms with van der Waals surface area (Å²) in [6.07, 6.45) is 1.10. The highest BCUT2D eigenvalue weighted by Gasteiger charge is 2.54. The Labute approximate surface area is 196 Å². The van der Waals surface area contributed by atoms with Gasteiger partial charge >= 0.3 is 0 Å². The number of fused-ring (bicyclic) bond motifs is 1. The second-order valence-corrected chi connectivity index (χ2v) is 10.3. The van der Waals surface area contributed by atoms with E-state index in [0.29, 0.717) is 23.4 Å². The molecule has 1 saturated carbocycles. The first-order valence-electron chi connectivity index (χ1n) is 9.64. The first-order chi connectivity index (χ1) is 14.4. The molecular weight excluding hydrogens is 536 g/mol. The van der Waals surface area contributed by atoms with Crippen LogP contribution in [-0.4, -0.2) is 37.4 Å². The van der Waals surface area contributed by atoms with Crippen molar-refractivity contribution in [3.8, 4) is 0 Å². The molecule has 4 rings (SSSR count). The second-order valence-electron chi connectivity index (χ2n) is 7.56. The SMILES string of the molecule is O=C(c1ccc(Cl)cc1)N(Cc1ccccc1)N1C(=O)[C@H]2C[C@H](Br)[C@@H](Br)C[C@H]2C1=O. The number of hydrogen-bond donors (Lipinski definition) is 0. The lowest BCUT2D eigenvalue weighted by molar-refractivity contribution is -0.155. The molecular formula is C22H19Br2ClN2O3. The van der Waals surface area contributed by atoms with Gasteiger partial charge in [-0.05, 0) is 42.7 Å². The Morgan fingerprint density at radius 3 is 2.00 bits per heavy atom. The summed E-state index contributed by atoms with van der Waals surface area (Å²) in [5.74, 6) is -1.89. The van der Waals surface area contributed by atoms with E-state index in [0.717, 1.165) is 10.6 Å². The zero-order valence-electron chi connectivity index (χ0n) is 15.9. The average Bonchev–Trinajstić information content (AvgIpc) is 2.97. The van der Waals surface area contributed by atoms with Crippen molar-refractivity contribution < 1.29 is 14.4 Å². The van der Waals surface area contributed by atoms with Crippen molar-refractivity contribution in [2.24, 2.45) is 11.8 Å². The summed E-state index contributed by atoms with van der Waals surface area (Å²) in [6.45, 7) is 0.120. The van der Waals surface area contributed by atoms with Crippen molar-refractivity contribution in [3.63, 3.8) is 0 Å². The molecule has 2 aromatic rings. The van der Waals surface area contributed by atoms with Crippen molar-refractivity contribution in [3.05, 3.63) is 70.7 Å². The highest BCUT2D eigenvalue weighted by molar-refractivity contribution is 9.12. The number of carbonyl (C=O) groups excluding carboxylic acids is 3. The second kappa shape index (κ2) is 8.81. The molecule has 4 atom stereocenters. The Morgan fingerprint density at radius 2 is 1.47 bits per heavy atom. The summed E-state index contributed by atoms with van der Waals surface area (Å²) in [5, 5.41) is 2.85. The van der Waals surface area contributed by atoms with E-state index in [4.69, 9.17) is 11.6 Å². The Kier molecular flexibility index (Phi) is 6.32. The third-order valence-corrected chi connectivity index (χ3v) is 8.62. The molecule has 0 radical (unpaired) electrons. The van der Waals surface area contributed by atoms with Crippen LogP contribution in [0.2, 0.25) is 5.02 Å². The van der Waals surface area contributed by atoms with E-state index in [2.05, 4.69) is 31.9 Å². The van der Waals surface area contributed by atoms with Crippen LogP contribution in [0.3, 0.4) is 0 Å². The molecule has 3 amide bonds. The molecule has 1 aliphatic carbocycles. The van der Waals surface area contributed by atoms with Gasteiger partial charge < -0.3 is 0 Å². The molecule has 5 nitrogen and oxygen atoms in total. The third kappa shape index (κ3) is 4.07. The first kappa shape index (κ1) is 21.5. The Balaban J connectivity index is 1.70. The number of hydrazine groups is 1. The molecule has 0 N–H and O–H groups in total. The van der Waals surface area contributed by atoms with Crippen LogP contribution in [0.4, 0.5) is 0 Å². The Hall–Kier alpha value is -1.70. The highest BCUT2D eigenvalue weighted by atomic mass is 79.9. The standard InChI is InChI=1S/C22H19Br2ClN2O3/c23-18-10-16-17(11-19(18)24)22(30)27(21(16)29)26(12-13-4-2-1-3-5-13)20(28)14-6-8-15(25)9-7-14/h1-9,16-19H,10-12H2/t16-,17+,18-,19-/m0/s1. The molecule has 1 heterocycles. The molecule has 0 spiro atoms. The number of imide groups is 1. The fraction of sp³-hybridized carbons (Fsp3) is 0.318. The van der Waals surface area contributed by atoms with Crippen LogP contribution in [0.25, 0.3) is 0 Å². The molecule has 2 aromatic carbocycles. The molecule has 2 aliphatic rings. The topological polar surface area (TPSA) is 57.7 Å². The molecule has 1 saturated heterocycles. The zero-order chi connectivity index (χ0) is 21.4. The molecule has 156 valence electrons. The third-order valence-electron chi connectivity index (χ3n) is 5.63. The molecule has 0 bridgehead atoms. The van der Waals surface area contributed by atoms with Crippen LogP contribution < -0.4 is 0 Å². The minimum atomic E-state index is -0.424. The number of hydrogen-bond acceptors (Lipinski definition) is 3. The number of alkyl halides is 2. The fourth-order valence-corrected chi connectivity index (χ4v) is 5.41. The highest BCUT2D eigenvalue weighted by Crippen LogP contribution is 2.43. The molecule has 0 unspecified atom stereocenters. The van der Waals surface area contributed by atoms with Crippen molar-refractivity contribution in [2.45, 2.75) is 29.0 Å². The van der Waals surface area contributed by atoms with Crippen molar-refractivity contribution in [1.29, 1.82) is 0 Å². The van der Waals surface area contributed by atoms with E-state index in [1.807, 2.05) is 30.3 Å². The van der Waals surface area contributed by atoms with E-state index < -0.39 is 17.7 Å². The molecule has 2 fully saturated rings. The summed E-state index contributed by atoms with van der Waals surface area (Å²) in [5.41, 5.74) is 1.19. The number of nitrogens with zero attached hydrogens (tertiary/aromatic N) is 2. The van der Waals surface area contributed by atoms with Gasteiger partial charge in [0.05, 0.1) is 18.4 Å². The van der Waals surface area contributed by atoms with E-state index in [1.54, 1.807) is 24.3 Å². The predicted octanol–water partition coefficient (Wildman–Crippen LogP) is 4.82. The zero-order valence-corrected chi connectivity index (χ0v) is 19.8. The van der Waals surface area contributed by atoms with E-state index in [9.17, 15) is 14.4 Å². The molecule has 1 aliphatic heterocycles. The van der Waals surface area contributed by atoms with E-state index in [1.165, 1.54) is 5.01 Å². The Bertz CT molecular complexity index is 942. The number of halogens is 3. The lowest BCUT2D eigenvalue weighted by atomic mass is 9.81. The summed E-state index contributed by atoms with van der Waals surface area (Å²) in [6, 6.07) is 15.8. The van der Waals surface area contributed by atoms with Gasteiger partial charge in [-0.1, -0.05) is 73.8 Å². The normalized spacial score (nSPS) is 25.9. The van der Waals surface area contributed by atoms with Gasteiger partial charge in [0.15, 0.2) is 0 Å². The monoisotopic (exact) mass is 552 g/mol. The van der Waals surface area contributed by atoms with Crippen LogP contribution in [0.5, 0.6) is 0 Å². The Morgan fingerprint density at radius 1 is 0.933 bits per heavy atom. The van der Waals surface area contributed by atoms with Gasteiger partial charge in [-0.3, -0.25) is 14.4 Å². The summed E-state index contributed by atoms with van der Waals surface area (Å²) in [7, 11) is 0. The smallest absolute Gasteiger partial charge is 0.272 e. The van der Waals surface area contributed by atoms with Gasteiger partial charge in [0.1, 0.15) is 0 Å². The van der Waals surface area contributed by atoms with Gasteiger partial charge in [0, 0.05) is 20.2 Å². The lowest BCUT2D eigenvalue weighted by Crippen LogP contribution is -2.49. The number of benzene rings is 2. The van der Waals surface area contributed by atoms with Gasteiger partial charge in [-0.2, -0.15) is 5.01 Å². The van der Waals surface area contributed by atoms with Crippen LogP contribution in [0.15, 0.2) is 54.6 Å². The van der Waals surface area contributed by atoms with Crippen molar-refractivity contribution in [1.82, 2.24) is 10.0 Å². The van der Waals surface area contributed by atoms with Crippen molar-refractivity contribution >= 4 is 61.2 Å². The average molecular weight is 555 g/mol. The largest absolute Gasteiger partial charge is 0.273 e. The quantitative estimate of drug-likeness (QED) is 0.402. The molecule has 8 heteroatoms. The number of amides is 3. The van der Waals surface area contributed by atoms with Gasteiger partial charge in [-0.15, -0.1) is 0 Å². The maximum absolute atomic E-state index is 13.4. The fourth-order valence-electron chi connectivity index (χ4n) is 4.05. The van der Waals surface area contributed by atoms with E-state index in [-0.39, 0.29) is 28.0 Å². The number of rotatable bonds is 4. The summed E-state index contributed by atoms with van der Waals surface area (Å²) >= 11 is 13.2. The van der Waals surface area contributed by atoms with Gasteiger partial charge in [0.2, 0.25) is 0 Å². The van der Waals surface area contributed by atoms with Crippen molar-refractivity contribution in [2.75, 3.05) is 0 Å². The maximum atomic E-state index is 13.4. The first-order valence-corrected chi connectivity index (χ1v) is 11.8. The van der Waals surface area contributed by atoms with Crippen LogP contribution in [-0.2, 0) is 16.1 Å². The molecule has 0 aromatic heterocycles. The number of carbonyl (C=O) groups is 3. The van der Waals surface area contributed by atoms with Gasteiger partial charge in [-0.25, -0.2) is 5.01 Å². The molecule has 30 heavy (non-hydrogen) atoms. The minimum absolute atomic E-state index is 0.102. The summed E-state index contributed by atoms with van der Waals surface area (Å²) in [4.78, 5) is 40.2.